The number of halogens is 1. The fourth-order valence-corrected chi connectivity index (χ4v) is 5.97. The van der Waals surface area contributed by atoms with Gasteiger partial charge in [0.25, 0.3) is 0 Å². The summed E-state index contributed by atoms with van der Waals surface area (Å²) in [5.41, 5.74) is 6.47. The van der Waals surface area contributed by atoms with Crippen molar-refractivity contribution >= 4 is 33.5 Å². The maximum absolute atomic E-state index is 14.8. The molecule has 4 aromatic heterocycles. The van der Waals surface area contributed by atoms with Crippen molar-refractivity contribution in [3.05, 3.63) is 72.9 Å². The third kappa shape index (κ3) is 5.62. The summed E-state index contributed by atoms with van der Waals surface area (Å²) in [5, 5.41) is 11.5. The second-order valence-electron chi connectivity index (χ2n) is 11.8. The number of carbonyl (C=O) groups is 1. The summed E-state index contributed by atoms with van der Waals surface area (Å²) in [6.07, 6.45) is 9.43. The van der Waals surface area contributed by atoms with Gasteiger partial charge < -0.3 is 15.0 Å². The van der Waals surface area contributed by atoms with Crippen molar-refractivity contribution in [1.82, 2.24) is 35.0 Å². The lowest BCUT2D eigenvalue weighted by atomic mass is 10.0. The molecule has 0 spiro atoms. The highest BCUT2D eigenvalue weighted by molar-refractivity contribution is 5.98. The van der Waals surface area contributed by atoms with Gasteiger partial charge in [-0.2, -0.15) is 5.10 Å². The van der Waals surface area contributed by atoms with Gasteiger partial charge >= 0.3 is 0 Å². The van der Waals surface area contributed by atoms with Gasteiger partial charge in [-0.05, 0) is 80.7 Å². The van der Waals surface area contributed by atoms with E-state index in [0.717, 1.165) is 60.0 Å². The van der Waals surface area contributed by atoms with Crippen LogP contribution in [0, 0.1) is 11.7 Å². The van der Waals surface area contributed by atoms with Gasteiger partial charge in [0.2, 0.25) is 5.91 Å². The molecule has 2 aromatic carbocycles. The van der Waals surface area contributed by atoms with E-state index in [2.05, 4.69) is 35.4 Å². The molecule has 10 nitrogen and oxygen atoms in total. The smallest absolute Gasteiger partial charge is 0.227 e. The van der Waals surface area contributed by atoms with Crippen LogP contribution < -0.4 is 10.1 Å². The Labute approximate surface area is 258 Å². The van der Waals surface area contributed by atoms with Crippen LogP contribution in [0.3, 0.4) is 0 Å². The van der Waals surface area contributed by atoms with Gasteiger partial charge in [-0.1, -0.05) is 6.07 Å². The molecule has 1 saturated heterocycles. The lowest BCUT2D eigenvalue weighted by molar-refractivity contribution is -0.117. The van der Waals surface area contributed by atoms with Crippen LogP contribution in [-0.4, -0.2) is 67.2 Å². The Morgan fingerprint density at radius 1 is 0.978 bits per heavy atom. The van der Waals surface area contributed by atoms with Crippen LogP contribution in [0.5, 0.6) is 5.75 Å². The molecule has 45 heavy (non-hydrogen) atoms. The number of hydrogen-bond acceptors (Lipinski definition) is 7. The number of amides is 1. The maximum Gasteiger partial charge on any atom is 0.227 e. The summed E-state index contributed by atoms with van der Waals surface area (Å²) in [6.45, 7) is 3.49. The average molecular weight is 603 g/mol. The summed E-state index contributed by atoms with van der Waals surface area (Å²) in [6, 6.07) is 14.4. The van der Waals surface area contributed by atoms with Crippen LogP contribution in [0.2, 0.25) is 0 Å². The normalized spacial score (nSPS) is 15.2. The molecule has 6 aromatic rings. The molecule has 0 radical (unpaired) electrons. The van der Waals surface area contributed by atoms with E-state index in [9.17, 15) is 9.18 Å². The first-order chi connectivity index (χ1) is 22.1. The van der Waals surface area contributed by atoms with Gasteiger partial charge in [-0.25, -0.2) is 9.37 Å². The molecule has 11 heteroatoms. The monoisotopic (exact) mass is 602 g/mol. The summed E-state index contributed by atoms with van der Waals surface area (Å²) >= 11 is 0. The number of carbonyl (C=O) groups excluding carboxylic acids is 1. The molecule has 8 rings (SSSR count). The van der Waals surface area contributed by atoms with Crippen molar-refractivity contribution < 1.29 is 13.9 Å². The Balaban J connectivity index is 1.10. The number of nitrogens with zero attached hydrogens (tertiary/aromatic N) is 5. The number of H-pyrrole nitrogens is 2. The second kappa shape index (κ2) is 11.4. The Kier molecular flexibility index (Phi) is 6.94. The average Bonchev–Trinajstić information content (AvgIpc) is 3.40. The fraction of sp³-hybridized carbons (Fsp3) is 0.265. The van der Waals surface area contributed by atoms with Gasteiger partial charge in [0.1, 0.15) is 29.4 Å². The minimum atomic E-state index is -0.394. The van der Waals surface area contributed by atoms with E-state index in [1.165, 1.54) is 25.0 Å². The third-order valence-corrected chi connectivity index (χ3v) is 8.50. The molecule has 1 aliphatic heterocycles. The highest BCUT2D eigenvalue weighted by Gasteiger charge is 2.29. The van der Waals surface area contributed by atoms with Crippen LogP contribution in [0.15, 0.2) is 67.1 Å². The molecular weight excluding hydrogens is 571 g/mol. The molecule has 0 atom stereocenters. The molecule has 0 unspecified atom stereocenters. The Morgan fingerprint density at radius 2 is 1.87 bits per heavy atom. The van der Waals surface area contributed by atoms with E-state index in [-0.39, 0.29) is 11.8 Å². The summed E-state index contributed by atoms with van der Waals surface area (Å²) in [4.78, 5) is 31.8. The van der Waals surface area contributed by atoms with E-state index in [1.54, 1.807) is 18.6 Å². The van der Waals surface area contributed by atoms with Gasteiger partial charge in [0, 0.05) is 47.4 Å². The van der Waals surface area contributed by atoms with Crippen LogP contribution in [0.25, 0.3) is 55.8 Å². The lowest BCUT2D eigenvalue weighted by Crippen LogP contribution is -2.25. The van der Waals surface area contributed by atoms with Crippen molar-refractivity contribution in [2.24, 2.45) is 5.92 Å². The predicted octanol–water partition coefficient (Wildman–Crippen LogP) is 6.19. The Bertz CT molecular complexity index is 2040. The number of aromatic nitrogens is 6. The number of anilines is 1. The quantitative estimate of drug-likeness (QED) is 0.180. The minimum absolute atomic E-state index is 0.0415. The zero-order valence-corrected chi connectivity index (χ0v) is 24.5. The number of likely N-dealkylation sites (tertiary alicyclic amines) is 1. The molecule has 226 valence electrons. The minimum Gasteiger partial charge on any atom is -0.492 e. The number of hydrogen-bond donors (Lipinski definition) is 3. The van der Waals surface area contributed by atoms with E-state index >= 15 is 0 Å². The molecule has 3 N–H and O–H groups in total. The van der Waals surface area contributed by atoms with Crippen molar-refractivity contribution in [1.29, 1.82) is 0 Å². The standard InChI is InChI=1S/C34H31FN8O2/c35-24-13-22(15-26(17-24)45-12-11-43-9-1-2-10-43)30-32-29(7-8-37-30)39-33(40-32)31-27-16-21(5-6-28(27)41-42-31)23-14-25(19-36-18-23)38-34(44)20-3-4-20/h5-8,13-20H,1-4,9-12H2,(H,38,44)(H,39,40)(H,41,42). The zero-order valence-electron chi connectivity index (χ0n) is 24.5. The van der Waals surface area contributed by atoms with Crippen LogP contribution >= 0.6 is 0 Å². The first-order valence-electron chi connectivity index (χ1n) is 15.3. The number of nitrogens with one attached hydrogen (secondary N) is 3. The first-order valence-corrected chi connectivity index (χ1v) is 15.3. The van der Waals surface area contributed by atoms with E-state index in [1.807, 2.05) is 36.4 Å². The number of imidazole rings is 1. The summed E-state index contributed by atoms with van der Waals surface area (Å²) in [5.74, 6) is 0.786. The second-order valence-corrected chi connectivity index (χ2v) is 11.8. The zero-order chi connectivity index (χ0) is 30.3. The molecule has 1 amide bonds. The van der Waals surface area contributed by atoms with Crippen molar-refractivity contribution in [3.8, 4) is 39.7 Å². The van der Waals surface area contributed by atoms with Crippen molar-refractivity contribution in [2.45, 2.75) is 25.7 Å². The van der Waals surface area contributed by atoms with Crippen molar-refractivity contribution in [2.75, 3.05) is 31.6 Å². The largest absolute Gasteiger partial charge is 0.492 e. The molecule has 5 heterocycles. The van der Waals surface area contributed by atoms with E-state index in [4.69, 9.17) is 9.72 Å². The number of rotatable bonds is 9. The lowest BCUT2D eigenvalue weighted by Gasteiger charge is -2.15. The number of benzene rings is 2. The molecule has 0 bridgehead atoms. The highest BCUT2D eigenvalue weighted by Crippen LogP contribution is 2.34. The fourth-order valence-electron chi connectivity index (χ4n) is 5.97. The Hall–Kier alpha value is -5.16. The van der Waals surface area contributed by atoms with Crippen LogP contribution in [0.1, 0.15) is 25.7 Å². The van der Waals surface area contributed by atoms with Gasteiger partial charge in [-0.3, -0.25) is 24.8 Å². The van der Waals surface area contributed by atoms with Crippen molar-refractivity contribution in [3.63, 3.8) is 0 Å². The highest BCUT2D eigenvalue weighted by atomic mass is 19.1. The van der Waals surface area contributed by atoms with Crippen LogP contribution in [0.4, 0.5) is 10.1 Å². The van der Waals surface area contributed by atoms with Gasteiger partial charge in [-0.15, -0.1) is 0 Å². The summed E-state index contributed by atoms with van der Waals surface area (Å²) < 4.78 is 20.7. The molecular formula is C34H31FN8O2. The predicted molar refractivity (Wildman–Crippen MR) is 170 cm³/mol. The van der Waals surface area contributed by atoms with Gasteiger partial charge in [0.05, 0.1) is 28.6 Å². The first kappa shape index (κ1) is 27.4. The topological polar surface area (TPSA) is 125 Å². The number of aromatic amines is 2. The van der Waals surface area contributed by atoms with E-state index in [0.29, 0.717) is 46.3 Å². The summed E-state index contributed by atoms with van der Waals surface area (Å²) in [7, 11) is 0. The number of pyridine rings is 2. The Morgan fingerprint density at radius 3 is 2.73 bits per heavy atom. The SMILES string of the molecule is O=C(Nc1cncc(-c2ccc3[nH]nc(-c4nc5c(-c6cc(F)cc(OCCN7CCCC7)c6)nccc5[nH]4)c3c2)c1)C1CC1. The van der Waals surface area contributed by atoms with Crippen LogP contribution in [-0.2, 0) is 4.79 Å². The molecule has 1 aliphatic carbocycles. The molecule has 1 saturated carbocycles. The van der Waals surface area contributed by atoms with E-state index < -0.39 is 5.82 Å². The maximum atomic E-state index is 14.8. The third-order valence-electron chi connectivity index (χ3n) is 8.50. The molecule has 2 fully saturated rings. The number of ether oxygens (including phenoxy) is 1. The van der Waals surface area contributed by atoms with Gasteiger partial charge in [0.15, 0.2) is 5.82 Å². The number of fused-ring (bicyclic) bond motifs is 2. The molecule has 2 aliphatic rings.